The molecule has 3 aromatic carbocycles. The standard InChI is InChI=1S/C28H23F2N5O/c1-35-13-10-20(11-14-35)32-27-17-22(6-7-24(27)30)34-28(36)18-3-2-4-21(15-18)33-26-9-12-31-25-8-5-19(29)16-23(25)26/h2-13,15-17,32H,14H2,1H3,(H,31,33)(H,34,36). The minimum absolute atomic E-state index is 0.264. The normalized spacial score (nSPS) is 12.9. The van der Waals surface area contributed by atoms with E-state index in [0.29, 0.717) is 40.1 Å². The summed E-state index contributed by atoms with van der Waals surface area (Å²) in [5.41, 5.74) is 3.88. The van der Waals surface area contributed by atoms with Crippen molar-refractivity contribution in [2.75, 3.05) is 29.5 Å². The number of fused-ring (bicyclic) bond motifs is 1. The number of nitrogens with one attached hydrogen (secondary N) is 3. The lowest BCUT2D eigenvalue weighted by atomic mass is 10.1. The fourth-order valence-electron chi connectivity index (χ4n) is 3.85. The van der Waals surface area contributed by atoms with Gasteiger partial charge in [0.1, 0.15) is 11.6 Å². The number of benzene rings is 3. The molecule has 180 valence electrons. The monoisotopic (exact) mass is 483 g/mol. The van der Waals surface area contributed by atoms with Crippen LogP contribution in [0.5, 0.6) is 0 Å². The molecule has 1 aromatic heterocycles. The van der Waals surface area contributed by atoms with Crippen LogP contribution in [0, 0.1) is 11.6 Å². The minimum Gasteiger partial charge on any atom is -0.377 e. The molecule has 8 heteroatoms. The molecule has 0 atom stereocenters. The van der Waals surface area contributed by atoms with E-state index in [0.717, 1.165) is 5.70 Å². The third kappa shape index (κ3) is 5.17. The Labute approximate surface area is 207 Å². The Morgan fingerprint density at radius 1 is 0.944 bits per heavy atom. The second-order valence-electron chi connectivity index (χ2n) is 8.41. The van der Waals surface area contributed by atoms with E-state index in [1.54, 1.807) is 42.6 Å². The van der Waals surface area contributed by atoms with Gasteiger partial charge in [-0.25, -0.2) is 8.78 Å². The lowest BCUT2D eigenvalue weighted by Crippen LogP contribution is -2.16. The highest BCUT2D eigenvalue weighted by atomic mass is 19.1. The maximum Gasteiger partial charge on any atom is 0.255 e. The Kier molecular flexibility index (Phi) is 6.32. The molecule has 0 saturated heterocycles. The molecule has 0 bridgehead atoms. The summed E-state index contributed by atoms with van der Waals surface area (Å²) < 4.78 is 28.2. The Bertz CT molecular complexity index is 1520. The summed E-state index contributed by atoms with van der Waals surface area (Å²) in [4.78, 5) is 19.2. The highest BCUT2D eigenvalue weighted by Gasteiger charge is 2.12. The summed E-state index contributed by atoms with van der Waals surface area (Å²) in [5.74, 6) is -1.13. The number of pyridine rings is 1. The van der Waals surface area contributed by atoms with Crippen LogP contribution in [0.4, 0.5) is 31.5 Å². The van der Waals surface area contributed by atoms with Gasteiger partial charge >= 0.3 is 0 Å². The first-order valence-corrected chi connectivity index (χ1v) is 11.3. The van der Waals surface area contributed by atoms with E-state index in [9.17, 15) is 13.6 Å². The molecule has 0 spiro atoms. The molecule has 36 heavy (non-hydrogen) atoms. The van der Waals surface area contributed by atoms with Gasteiger partial charge in [0.15, 0.2) is 0 Å². The van der Waals surface area contributed by atoms with Crippen LogP contribution in [0.3, 0.4) is 0 Å². The van der Waals surface area contributed by atoms with Gasteiger partial charge in [-0.15, -0.1) is 0 Å². The van der Waals surface area contributed by atoms with E-state index in [1.807, 2.05) is 36.4 Å². The number of allylic oxidation sites excluding steroid dienone is 1. The molecule has 0 saturated carbocycles. The van der Waals surface area contributed by atoms with Crippen molar-refractivity contribution in [1.29, 1.82) is 0 Å². The molecule has 3 N–H and O–H groups in total. The SMILES string of the molecule is CN1C=CC(Nc2cc(NC(=O)c3cccc(Nc4ccnc5ccc(F)cc45)c3)ccc2F)=CC1. The maximum atomic E-state index is 14.4. The van der Waals surface area contributed by atoms with E-state index in [2.05, 4.69) is 20.9 Å². The van der Waals surface area contributed by atoms with Gasteiger partial charge < -0.3 is 20.9 Å². The molecule has 1 amide bonds. The number of hydrogen-bond donors (Lipinski definition) is 3. The molecule has 0 unspecified atom stereocenters. The number of rotatable bonds is 6. The summed E-state index contributed by atoms with van der Waals surface area (Å²) in [6, 6.07) is 17.4. The van der Waals surface area contributed by atoms with Crippen LogP contribution in [0.2, 0.25) is 0 Å². The van der Waals surface area contributed by atoms with Crippen LogP contribution in [-0.2, 0) is 0 Å². The molecule has 5 rings (SSSR count). The molecule has 0 fully saturated rings. The van der Waals surface area contributed by atoms with Crippen LogP contribution in [-0.4, -0.2) is 29.4 Å². The quantitative estimate of drug-likeness (QED) is 0.302. The van der Waals surface area contributed by atoms with E-state index in [4.69, 9.17) is 0 Å². The lowest BCUT2D eigenvalue weighted by Gasteiger charge is -2.18. The van der Waals surface area contributed by atoms with E-state index in [1.165, 1.54) is 24.3 Å². The third-order valence-electron chi connectivity index (χ3n) is 5.72. The summed E-state index contributed by atoms with van der Waals surface area (Å²) in [6.45, 7) is 0.714. The van der Waals surface area contributed by atoms with Gasteiger partial charge in [0.05, 0.1) is 11.2 Å². The number of carbonyl (C=O) groups is 1. The third-order valence-corrected chi connectivity index (χ3v) is 5.72. The Morgan fingerprint density at radius 2 is 1.83 bits per heavy atom. The molecule has 2 heterocycles. The number of amides is 1. The predicted octanol–water partition coefficient (Wildman–Crippen LogP) is 6.26. The van der Waals surface area contributed by atoms with Crippen LogP contribution >= 0.6 is 0 Å². The zero-order valence-electron chi connectivity index (χ0n) is 19.4. The van der Waals surface area contributed by atoms with Crippen molar-refractivity contribution < 1.29 is 13.6 Å². The van der Waals surface area contributed by atoms with E-state index >= 15 is 0 Å². The molecular formula is C28H23F2N5O. The summed E-state index contributed by atoms with van der Waals surface area (Å²) >= 11 is 0. The van der Waals surface area contributed by atoms with E-state index in [-0.39, 0.29) is 17.4 Å². The highest BCUT2D eigenvalue weighted by molar-refractivity contribution is 6.05. The van der Waals surface area contributed by atoms with Gasteiger partial charge in [0.25, 0.3) is 5.91 Å². The number of likely N-dealkylation sites (N-methyl/N-ethyl adjacent to an activating group) is 1. The zero-order valence-corrected chi connectivity index (χ0v) is 19.4. The van der Waals surface area contributed by atoms with E-state index < -0.39 is 5.82 Å². The van der Waals surface area contributed by atoms with Crippen LogP contribution in [0.1, 0.15) is 10.4 Å². The van der Waals surface area contributed by atoms with Crippen molar-refractivity contribution in [3.8, 4) is 0 Å². The summed E-state index contributed by atoms with van der Waals surface area (Å²) in [5, 5.41) is 9.75. The molecule has 1 aliphatic heterocycles. The molecule has 0 aliphatic carbocycles. The van der Waals surface area contributed by atoms with Gasteiger partial charge in [-0.3, -0.25) is 9.78 Å². The van der Waals surface area contributed by atoms with Crippen molar-refractivity contribution in [2.45, 2.75) is 0 Å². The number of aromatic nitrogens is 1. The fourth-order valence-corrected chi connectivity index (χ4v) is 3.85. The van der Waals surface area contributed by atoms with Crippen molar-refractivity contribution >= 4 is 39.6 Å². The van der Waals surface area contributed by atoms with Crippen LogP contribution in [0.25, 0.3) is 10.9 Å². The fraction of sp³-hybridized carbons (Fsp3) is 0.0714. The average Bonchev–Trinajstić information content (AvgIpc) is 2.88. The molecule has 4 aromatic rings. The minimum atomic E-state index is -0.423. The largest absolute Gasteiger partial charge is 0.377 e. The van der Waals surface area contributed by atoms with Gasteiger partial charge in [0.2, 0.25) is 0 Å². The first kappa shape index (κ1) is 23.0. The predicted molar refractivity (Wildman–Crippen MR) is 139 cm³/mol. The number of nitrogens with zero attached hydrogens (tertiary/aromatic N) is 2. The average molecular weight is 484 g/mol. The van der Waals surface area contributed by atoms with Crippen molar-refractivity contribution in [3.63, 3.8) is 0 Å². The molecular weight excluding hydrogens is 460 g/mol. The van der Waals surface area contributed by atoms with Crippen molar-refractivity contribution in [1.82, 2.24) is 9.88 Å². The Balaban J connectivity index is 1.32. The van der Waals surface area contributed by atoms with Crippen molar-refractivity contribution in [3.05, 3.63) is 114 Å². The van der Waals surface area contributed by atoms with Crippen LogP contribution < -0.4 is 16.0 Å². The second kappa shape index (κ2) is 9.87. The number of carbonyl (C=O) groups excluding carboxylic acids is 1. The maximum absolute atomic E-state index is 14.4. The first-order chi connectivity index (χ1) is 17.4. The zero-order chi connectivity index (χ0) is 25.1. The number of anilines is 4. The van der Waals surface area contributed by atoms with Gasteiger partial charge in [-0.1, -0.05) is 6.07 Å². The number of hydrogen-bond acceptors (Lipinski definition) is 5. The lowest BCUT2D eigenvalue weighted by molar-refractivity contribution is 0.102. The first-order valence-electron chi connectivity index (χ1n) is 11.3. The van der Waals surface area contributed by atoms with Gasteiger partial charge in [-0.2, -0.15) is 0 Å². The van der Waals surface area contributed by atoms with Crippen molar-refractivity contribution in [2.24, 2.45) is 0 Å². The van der Waals surface area contributed by atoms with Crippen LogP contribution in [0.15, 0.2) is 97.0 Å². The topological polar surface area (TPSA) is 69.3 Å². The van der Waals surface area contributed by atoms with Gasteiger partial charge in [0, 0.05) is 59.7 Å². The molecule has 6 nitrogen and oxygen atoms in total. The smallest absolute Gasteiger partial charge is 0.255 e. The second-order valence-corrected chi connectivity index (χ2v) is 8.41. The molecule has 1 aliphatic rings. The number of halogens is 2. The highest BCUT2D eigenvalue weighted by Crippen LogP contribution is 2.27. The summed E-state index contributed by atoms with van der Waals surface area (Å²) in [7, 11) is 1.95. The van der Waals surface area contributed by atoms with Gasteiger partial charge in [-0.05, 0) is 72.8 Å². The summed E-state index contributed by atoms with van der Waals surface area (Å²) in [6.07, 6.45) is 7.34. The Morgan fingerprint density at radius 3 is 2.67 bits per heavy atom. The molecule has 0 radical (unpaired) electrons. The Hall–Kier alpha value is -4.72.